The molecule has 0 aliphatic heterocycles. The lowest BCUT2D eigenvalue weighted by molar-refractivity contribution is 0.150. The van der Waals surface area contributed by atoms with Crippen molar-refractivity contribution >= 4 is 0 Å². The standard InChI is InChI=1S/C10H22O/c1-4-6-9(3)7-8-10(11)5-2/h9-11H,4-8H2,1-3H3. The van der Waals surface area contributed by atoms with Gasteiger partial charge in [-0.2, -0.15) is 0 Å². The lowest BCUT2D eigenvalue weighted by Crippen LogP contribution is -2.06. The van der Waals surface area contributed by atoms with Crippen LogP contribution in [0.3, 0.4) is 0 Å². The van der Waals surface area contributed by atoms with Crippen molar-refractivity contribution in [1.82, 2.24) is 0 Å². The number of rotatable bonds is 6. The predicted octanol–water partition coefficient (Wildman–Crippen LogP) is 2.97. The summed E-state index contributed by atoms with van der Waals surface area (Å²) in [7, 11) is 0. The van der Waals surface area contributed by atoms with E-state index >= 15 is 0 Å². The molecular weight excluding hydrogens is 136 g/mol. The maximum Gasteiger partial charge on any atom is 0.0537 e. The Morgan fingerprint density at radius 1 is 1.09 bits per heavy atom. The topological polar surface area (TPSA) is 20.2 Å². The van der Waals surface area contributed by atoms with Crippen molar-refractivity contribution in [2.24, 2.45) is 5.92 Å². The molecule has 0 radical (unpaired) electrons. The van der Waals surface area contributed by atoms with Crippen molar-refractivity contribution < 1.29 is 5.11 Å². The molecule has 0 aromatic heterocycles. The number of aliphatic hydroxyl groups is 1. The molecule has 0 saturated heterocycles. The fraction of sp³-hybridized carbons (Fsp3) is 1.00. The summed E-state index contributed by atoms with van der Waals surface area (Å²) < 4.78 is 0. The van der Waals surface area contributed by atoms with E-state index in [0.717, 1.165) is 18.8 Å². The quantitative estimate of drug-likeness (QED) is 0.630. The number of aliphatic hydroxyl groups excluding tert-OH is 1. The minimum atomic E-state index is -0.0608. The van der Waals surface area contributed by atoms with E-state index in [2.05, 4.69) is 13.8 Å². The van der Waals surface area contributed by atoms with Gasteiger partial charge in [-0.15, -0.1) is 0 Å². The normalized spacial score (nSPS) is 16.4. The highest BCUT2D eigenvalue weighted by Crippen LogP contribution is 2.14. The zero-order chi connectivity index (χ0) is 8.69. The molecule has 0 bridgehead atoms. The average Bonchev–Trinajstić information content (AvgIpc) is 2.01. The van der Waals surface area contributed by atoms with Crippen LogP contribution in [-0.4, -0.2) is 11.2 Å². The Labute approximate surface area is 70.8 Å². The fourth-order valence-corrected chi connectivity index (χ4v) is 1.32. The van der Waals surface area contributed by atoms with Crippen molar-refractivity contribution in [1.29, 1.82) is 0 Å². The Hall–Kier alpha value is -0.0400. The summed E-state index contributed by atoms with van der Waals surface area (Å²) in [6, 6.07) is 0. The van der Waals surface area contributed by atoms with E-state index in [1.165, 1.54) is 19.3 Å². The molecule has 1 nitrogen and oxygen atoms in total. The Balaban J connectivity index is 3.22. The molecule has 2 atom stereocenters. The Morgan fingerprint density at radius 3 is 2.18 bits per heavy atom. The minimum absolute atomic E-state index is 0.0608. The second-order valence-electron chi connectivity index (χ2n) is 3.53. The monoisotopic (exact) mass is 158 g/mol. The number of hydrogen-bond acceptors (Lipinski definition) is 1. The van der Waals surface area contributed by atoms with Crippen molar-refractivity contribution in [2.75, 3.05) is 0 Å². The molecule has 1 N–H and O–H groups in total. The first-order valence-electron chi connectivity index (χ1n) is 4.88. The molecule has 1 heteroatoms. The molecule has 0 spiro atoms. The maximum atomic E-state index is 9.28. The van der Waals surface area contributed by atoms with Crippen LogP contribution in [0.4, 0.5) is 0 Å². The SMILES string of the molecule is CCCC(C)CCC(O)CC. The lowest BCUT2D eigenvalue weighted by atomic mass is 9.98. The van der Waals surface area contributed by atoms with Gasteiger partial charge >= 0.3 is 0 Å². The molecule has 0 aliphatic rings. The van der Waals surface area contributed by atoms with E-state index < -0.39 is 0 Å². The zero-order valence-electron chi connectivity index (χ0n) is 8.14. The maximum absolute atomic E-state index is 9.28. The second-order valence-corrected chi connectivity index (χ2v) is 3.53. The molecule has 0 saturated carbocycles. The first kappa shape index (κ1) is 11.0. The summed E-state index contributed by atoms with van der Waals surface area (Å²) in [4.78, 5) is 0. The van der Waals surface area contributed by atoms with Crippen LogP contribution < -0.4 is 0 Å². The van der Waals surface area contributed by atoms with E-state index in [0.29, 0.717) is 0 Å². The van der Waals surface area contributed by atoms with Gasteiger partial charge in [0.15, 0.2) is 0 Å². The van der Waals surface area contributed by atoms with E-state index in [9.17, 15) is 5.11 Å². The van der Waals surface area contributed by atoms with E-state index in [-0.39, 0.29) is 6.10 Å². The molecule has 0 fully saturated rings. The summed E-state index contributed by atoms with van der Waals surface area (Å²) >= 11 is 0. The van der Waals surface area contributed by atoms with Gasteiger partial charge in [0.1, 0.15) is 0 Å². The molecule has 0 amide bonds. The van der Waals surface area contributed by atoms with Crippen LogP contribution in [0.2, 0.25) is 0 Å². The third-order valence-electron chi connectivity index (χ3n) is 2.25. The zero-order valence-corrected chi connectivity index (χ0v) is 8.14. The summed E-state index contributed by atoms with van der Waals surface area (Å²) in [6.07, 6.45) is 5.58. The summed E-state index contributed by atoms with van der Waals surface area (Å²) in [6.45, 7) is 6.52. The van der Waals surface area contributed by atoms with Crippen molar-refractivity contribution in [3.05, 3.63) is 0 Å². The number of hydrogen-bond donors (Lipinski definition) is 1. The van der Waals surface area contributed by atoms with Crippen LogP contribution in [0.15, 0.2) is 0 Å². The van der Waals surface area contributed by atoms with Crippen LogP contribution in [0.25, 0.3) is 0 Å². The predicted molar refractivity (Wildman–Crippen MR) is 49.6 cm³/mol. The molecule has 0 heterocycles. The Bertz CT molecular complexity index is 80.9. The molecule has 2 unspecified atom stereocenters. The third kappa shape index (κ3) is 6.36. The smallest absolute Gasteiger partial charge is 0.0537 e. The molecular formula is C10H22O. The average molecular weight is 158 g/mol. The highest BCUT2D eigenvalue weighted by Gasteiger charge is 2.04. The van der Waals surface area contributed by atoms with Crippen molar-refractivity contribution in [3.63, 3.8) is 0 Å². The highest BCUT2D eigenvalue weighted by molar-refractivity contribution is 4.57. The van der Waals surface area contributed by atoms with Gasteiger partial charge in [0, 0.05) is 0 Å². The summed E-state index contributed by atoms with van der Waals surface area (Å²) in [5.74, 6) is 0.793. The van der Waals surface area contributed by atoms with E-state index in [4.69, 9.17) is 0 Å². The van der Waals surface area contributed by atoms with E-state index in [1.807, 2.05) is 6.92 Å². The van der Waals surface area contributed by atoms with Crippen LogP contribution in [0.5, 0.6) is 0 Å². The minimum Gasteiger partial charge on any atom is -0.393 e. The van der Waals surface area contributed by atoms with Gasteiger partial charge in [-0.1, -0.05) is 33.6 Å². The molecule has 11 heavy (non-hydrogen) atoms. The summed E-state index contributed by atoms with van der Waals surface area (Å²) in [5.41, 5.74) is 0. The van der Waals surface area contributed by atoms with Gasteiger partial charge in [0.05, 0.1) is 6.10 Å². The van der Waals surface area contributed by atoms with Crippen LogP contribution in [-0.2, 0) is 0 Å². The molecule has 0 aromatic carbocycles. The molecule has 68 valence electrons. The molecule has 0 rings (SSSR count). The second kappa shape index (κ2) is 6.66. The van der Waals surface area contributed by atoms with Gasteiger partial charge < -0.3 is 5.11 Å². The largest absolute Gasteiger partial charge is 0.393 e. The summed E-state index contributed by atoms with van der Waals surface area (Å²) in [5, 5.41) is 9.28. The Morgan fingerprint density at radius 2 is 1.73 bits per heavy atom. The van der Waals surface area contributed by atoms with Crippen LogP contribution in [0.1, 0.15) is 52.9 Å². The lowest BCUT2D eigenvalue weighted by Gasteiger charge is -2.12. The van der Waals surface area contributed by atoms with Crippen molar-refractivity contribution in [2.45, 2.75) is 59.0 Å². The third-order valence-corrected chi connectivity index (χ3v) is 2.25. The molecule has 0 aliphatic carbocycles. The van der Waals surface area contributed by atoms with Crippen molar-refractivity contribution in [3.8, 4) is 0 Å². The van der Waals surface area contributed by atoms with Gasteiger partial charge in [0.25, 0.3) is 0 Å². The van der Waals surface area contributed by atoms with Crippen LogP contribution >= 0.6 is 0 Å². The highest BCUT2D eigenvalue weighted by atomic mass is 16.3. The van der Waals surface area contributed by atoms with Gasteiger partial charge in [-0.25, -0.2) is 0 Å². The van der Waals surface area contributed by atoms with Gasteiger partial charge in [-0.05, 0) is 25.2 Å². The van der Waals surface area contributed by atoms with Crippen LogP contribution in [0, 0.1) is 5.92 Å². The Kier molecular flexibility index (Phi) is 6.63. The first-order chi connectivity index (χ1) is 5.20. The van der Waals surface area contributed by atoms with Gasteiger partial charge in [0.2, 0.25) is 0 Å². The van der Waals surface area contributed by atoms with E-state index in [1.54, 1.807) is 0 Å². The first-order valence-corrected chi connectivity index (χ1v) is 4.88. The fourth-order valence-electron chi connectivity index (χ4n) is 1.32. The molecule has 0 aromatic rings. The van der Waals surface area contributed by atoms with Gasteiger partial charge in [-0.3, -0.25) is 0 Å².